The highest BCUT2D eigenvalue weighted by molar-refractivity contribution is 7.13. The lowest BCUT2D eigenvalue weighted by molar-refractivity contribution is -0.122. The van der Waals surface area contributed by atoms with Gasteiger partial charge in [-0.05, 0) is 43.3 Å². The number of nitrogens with one attached hydrogen (secondary N) is 2. The topological polar surface area (TPSA) is 80.0 Å². The summed E-state index contributed by atoms with van der Waals surface area (Å²) in [6.45, 7) is 4.11. The lowest BCUT2D eigenvalue weighted by Crippen LogP contribution is -2.48. The van der Waals surface area contributed by atoms with E-state index in [1.807, 2.05) is 17.5 Å². The Morgan fingerprint density at radius 1 is 1.54 bits per heavy atom. The van der Waals surface area contributed by atoms with Crippen LogP contribution in [-0.4, -0.2) is 35.2 Å². The molecule has 2 atom stereocenters. The summed E-state index contributed by atoms with van der Waals surface area (Å²) in [5.41, 5.74) is 0. The fourth-order valence-corrected chi connectivity index (χ4v) is 3.42. The van der Waals surface area contributed by atoms with Gasteiger partial charge in [-0.2, -0.15) is 4.98 Å². The van der Waals surface area contributed by atoms with Crippen LogP contribution in [0, 0.1) is 5.92 Å². The molecule has 0 aromatic carbocycles. The largest absolute Gasteiger partial charge is 0.353 e. The van der Waals surface area contributed by atoms with E-state index in [1.165, 1.54) is 0 Å². The van der Waals surface area contributed by atoms with Crippen molar-refractivity contribution in [3.8, 4) is 10.7 Å². The molecule has 0 bridgehead atoms. The number of halogens is 1. The van der Waals surface area contributed by atoms with Crippen LogP contribution >= 0.6 is 23.7 Å². The molecule has 1 saturated heterocycles. The third-order valence-electron chi connectivity index (χ3n) is 4.14. The quantitative estimate of drug-likeness (QED) is 0.817. The normalized spacial score (nSPS) is 20.4. The van der Waals surface area contributed by atoms with Crippen LogP contribution in [0.1, 0.15) is 32.1 Å². The van der Waals surface area contributed by atoms with Crippen LogP contribution in [0.3, 0.4) is 0 Å². The first-order chi connectivity index (χ1) is 11.2. The van der Waals surface area contributed by atoms with Crippen molar-refractivity contribution in [2.45, 2.75) is 38.6 Å². The molecule has 2 aromatic rings. The molecule has 24 heavy (non-hydrogen) atoms. The predicted octanol–water partition coefficient (Wildman–Crippen LogP) is 2.66. The van der Waals surface area contributed by atoms with Crippen LogP contribution in [0.5, 0.6) is 0 Å². The number of carbonyl (C=O) groups is 1. The summed E-state index contributed by atoms with van der Waals surface area (Å²) in [4.78, 5) is 17.4. The Morgan fingerprint density at radius 2 is 2.42 bits per heavy atom. The summed E-state index contributed by atoms with van der Waals surface area (Å²) < 4.78 is 5.24. The number of amides is 1. The first kappa shape index (κ1) is 18.9. The van der Waals surface area contributed by atoms with Crippen LogP contribution in [-0.2, 0) is 11.2 Å². The van der Waals surface area contributed by atoms with E-state index >= 15 is 0 Å². The first-order valence-electron chi connectivity index (χ1n) is 8.09. The molecule has 6 nitrogen and oxygen atoms in total. The average molecular weight is 371 g/mol. The number of thiophene rings is 1. The lowest BCUT2D eigenvalue weighted by Gasteiger charge is -2.30. The molecule has 0 saturated carbocycles. The molecule has 2 unspecified atom stereocenters. The first-order valence-corrected chi connectivity index (χ1v) is 8.97. The van der Waals surface area contributed by atoms with Crippen molar-refractivity contribution < 1.29 is 9.32 Å². The van der Waals surface area contributed by atoms with Gasteiger partial charge in [-0.1, -0.05) is 18.1 Å². The second-order valence-electron chi connectivity index (χ2n) is 5.99. The number of carbonyl (C=O) groups excluding carboxylic acids is 1. The Hall–Kier alpha value is -1.44. The number of aryl methyl sites for hydroxylation is 1. The number of hydrogen-bond donors (Lipinski definition) is 2. The molecule has 0 radical (unpaired) electrons. The van der Waals surface area contributed by atoms with Crippen molar-refractivity contribution >= 4 is 29.7 Å². The Bertz CT molecular complexity index is 632. The minimum atomic E-state index is 0. The van der Waals surface area contributed by atoms with Gasteiger partial charge < -0.3 is 15.2 Å². The minimum absolute atomic E-state index is 0. The van der Waals surface area contributed by atoms with Crippen molar-refractivity contribution in [1.29, 1.82) is 0 Å². The molecule has 1 fully saturated rings. The van der Waals surface area contributed by atoms with Crippen LogP contribution in [0.4, 0.5) is 0 Å². The standard InChI is InChI=1S/C16H22N4O2S.ClH/c1-11-10-17-8-7-12(11)18-14(21)5-2-6-15-19-16(20-22-15)13-4-3-9-23-13;/h3-4,9,11-12,17H,2,5-8,10H2,1H3,(H,18,21);1H. The molecule has 3 rings (SSSR count). The van der Waals surface area contributed by atoms with E-state index in [-0.39, 0.29) is 24.4 Å². The molecular weight excluding hydrogens is 348 g/mol. The Balaban J connectivity index is 0.00000208. The summed E-state index contributed by atoms with van der Waals surface area (Å²) in [5, 5.41) is 12.4. The van der Waals surface area contributed by atoms with Gasteiger partial charge in [0.1, 0.15) is 0 Å². The van der Waals surface area contributed by atoms with Gasteiger partial charge in [0.25, 0.3) is 0 Å². The highest BCUT2D eigenvalue weighted by Gasteiger charge is 2.22. The highest BCUT2D eigenvalue weighted by Crippen LogP contribution is 2.21. The average Bonchev–Trinajstić information content (AvgIpc) is 3.20. The van der Waals surface area contributed by atoms with E-state index in [4.69, 9.17) is 4.52 Å². The Labute approximate surface area is 151 Å². The molecule has 1 amide bonds. The maximum absolute atomic E-state index is 12.0. The minimum Gasteiger partial charge on any atom is -0.353 e. The second-order valence-corrected chi connectivity index (χ2v) is 6.93. The van der Waals surface area contributed by atoms with Crippen LogP contribution in [0.25, 0.3) is 10.7 Å². The number of rotatable bonds is 6. The maximum Gasteiger partial charge on any atom is 0.226 e. The van der Waals surface area contributed by atoms with Crippen molar-refractivity contribution in [2.24, 2.45) is 5.92 Å². The second kappa shape index (κ2) is 9.15. The third kappa shape index (κ3) is 5.03. The lowest BCUT2D eigenvalue weighted by atomic mass is 9.95. The molecule has 1 aliphatic heterocycles. The van der Waals surface area contributed by atoms with Crippen molar-refractivity contribution in [3.63, 3.8) is 0 Å². The Morgan fingerprint density at radius 3 is 3.17 bits per heavy atom. The Kier molecular flexibility index (Phi) is 7.20. The van der Waals surface area contributed by atoms with Crippen molar-refractivity contribution in [3.05, 3.63) is 23.4 Å². The predicted molar refractivity (Wildman–Crippen MR) is 96.4 cm³/mol. The maximum atomic E-state index is 12.0. The fraction of sp³-hybridized carbons (Fsp3) is 0.562. The van der Waals surface area contributed by atoms with Gasteiger partial charge in [0, 0.05) is 18.9 Å². The summed E-state index contributed by atoms with van der Waals surface area (Å²) >= 11 is 1.58. The van der Waals surface area contributed by atoms with E-state index in [2.05, 4.69) is 27.7 Å². The zero-order valence-electron chi connectivity index (χ0n) is 13.7. The number of aromatic nitrogens is 2. The van der Waals surface area contributed by atoms with E-state index in [1.54, 1.807) is 11.3 Å². The summed E-state index contributed by atoms with van der Waals surface area (Å²) in [6, 6.07) is 4.22. The summed E-state index contributed by atoms with van der Waals surface area (Å²) in [7, 11) is 0. The number of piperidine rings is 1. The van der Waals surface area contributed by atoms with Crippen molar-refractivity contribution in [1.82, 2.24) is 20.8 Å². The van der Waals surface area contributed by atoms with Gasteiger partial charge in [0.05, 0.1) is 4.88 Å². The van der Waals surface area contributed by atoms with Gasteiger partial charge in [0.15, 0.2) is 0 Å². The van der Waals surface area contributed by atoms with Gasteiger partial charge >= 0.3 is 0 Å². The zero-order chi connectivity index (χ0) is 16.1. The SMILES string of the molecule is CC1CNCCC1NC(=O)CCCc1nc(-c2cccs2)no1.Cl. The molecule has 8 heteroatoms. The van der Waals surface area contributed by atoms with E-state index in [0.29, 0.717) is 30.5 Å². The van der Waals surface area contributed by atoms with Crippen LogP contribution in [0.15, 0.2) is 22.0 Å². The molecule has 2 N–H and O–H groups in total. The molecule has 1 aliphatic rings. The van der Waals surface area contributed by atoms with Crippen molar-refractivity contribution in [2.75, 3.05) is 13.1 Å². The smallest absolute Gasteiger partial charge is 0.226 e. The highest BCUT2D eigenvalue weighted by atomic mass is 35.5. The third-order valence-corrected chi connectivity index (χ3v) is 5.00. The zero-order valence-corrected chi connectivity index (χ0v) is 15.3. The molecule has 0 spiro atoms. The molecule has 132 valence electrons. The van der Waals surface area contributed by atoms with Gasteiger partial charge in [-0.25, -0.2) is 0 Å². The van der Waals surface area contributed by atoms with E-state index in [0.717, 1.165) is 30.8 Å². The van der Waals surface area contributed by atoms with E-state index < -0.39 is 0 Å². The number of nitrogens with zero attached hydrogens (tertiary/aromatic N) is 2. The molecule has 3 heterocycles. The van der Waals surface area contributed by atoms with Gasteiger partial charge in [-0.3, -0.25) is 4.79 Å². The van der Waals surface area contributed by atoms with Crippen LogP contribution in [0.2, 0.25) is 0 Å². The summed E-state index contributed by atoms with van der Waals surface area (Å²) in [5.74, 6) is 1.82. The monoisotopic (exact) mass is 370 g/mol. The van der Waals surface area contributed by atoms with Crippen LogP contribution < -0.4 is 10.6 Å². The fourth-order valence-electron chi connectivity index (χ4n) is 2.77. The molecule has 2 aromatic heterocycles. The van der Waals surface area contributed by atoms with Gasteiger partial charge in [0.2, 0.25) is 17.6 Å². The van der Waals surface area contributed by atoms with Gasteiger partial charge in [-0.15, -0.1) is 23.7 Å². The molecular formula is C16H23ClN4O2S. The van der Waals surface area contributed by atoms with E-state index in [9.17, 15) is 4.79 Å². The summed E-state index contributed by atoms with van der Waals surface area (Å²) in [6.07, 6.45) is 2.85. The molecule has 0 aliphatic carbocycles. The number of hydrogen-bond acceptors (Lipinski definition) is 6.